The second kappa shape index (κ2) is 9.85. The second-order valence-corrected chi connectivity index (χ2v) is 8.63. The number of nitrogens with zero attached hydrogens (tertiary/aromatic N) is 1. The number of nitrogens with one attached hydrogen (secondary N) is 3. The Kier molecular flexibility index (Phi) is 6.72. The first kappa shape index (κ1) is 22.5. The predicted octanol–water partition coefficient (Wildman–Crippen LogP) is 2.61. The summed E-state index contributed by atoms with van der Waals surface area (Å²) in [5.41, 5.74) is 0.606. The third kappa shape index (κ3) is 5.22. The molecule has 2 aliphatic rings. The van der Waals surface area contributed by atoms with Gasteiger partial charge in [-0.1, -0.05) is 67.8 Å². The molecule has 172 valence electrons. The maximum atomic E-state index is 13.0. The van der Waals surface area contributed by atoms with Crippen molar-refractivity contribution < 1.29 is 19.2 Å². The molecule has 5 amide bonds. The van der Waals surface area contributed by atoms with E-state index in [0.29, 0.717) is 18.5 Å². The van der Waals surface area contributed by atoms with E-state index in [-0.39, 0.29) is 18.2 Å². The van der Waals surface area contributed by atoms with Crippen molar-refractivity contribution in [3.63, 3.8) is 0 Å². The molecule has 8 heteroatoms. The van der Waals surface area contributed by atoms with Crippen molar-refractivity contribution in [1.29, 1.82) is 0 Å². The average Bonchev–Trinajstić information content (AvgIpc) is 3.04. The summed E-state index contributed by atoms with van der Waals surface area (Å²) in [4.78, 5) is 52.2. The molecule has 2 fully saturated rings. The van der Waals surface area contributed by atoms with Gasteiger partial charge >= 0.3 is 6.03 Å². The summed E-state index contributed by atoms with van der Waals surface area (Å²) in [5, 5.41) is 8.33. The predicted molar refractivity (Wildman–Crippen MR) is 123 cm³/mol. The highest BCUT2D eigenvalue weighted by Gasteiger charge is 2.51. The molecule has 8 nitrogen and oxygen atoms in total. The van der Waals surface area contributed by atoms with Gasteiger partial charge < -0.3 is 16.0 Å². The van der Waals surface area contributed by atoms with Crippen molar-refractivity contribution in [1.82, 2.24) is 15.5 Å². The molecule has 0 radical (unpaired) electrons. The number of urea groups is 1. The fourth-order valence-corrected chi connectivity index (χ4v) is 4.51. The first-order chi connectivity index (χ1) is 16.0. The summed E-state index contributed by atoms with van der Waals surface area (Å²) >= 11 is 0. The number of amides is 5. The molecule has 1 saturated heterocycles. The number of rotatable bonds is 7. The number of hydrogen-bond donors (Lipinski definition) is 3. The fraction of sp³-hybridized carbons (Fsp3) is 0.360. The van der Waals surface area contributed by atoms with Crippen molar-refractivity contribution in [2.75, 3.05) is 11.9 Å². The Morgan fingerprint density at radius 3 is 2.24 bits per heavy atom. The number of carbonyl (C=O) groups is 4. The first-order valence-corrected chi connectivity index (χ1v) is 11.3. The molecular weight excluding hydrogens is 420 g/mol. The van der Waals surface area contributed by atoms with Crippen molar-refractivity contribution in [2.24, 2.45) is 0 Å². The number of hydrogen-bond acceptors (Lipinski definition) is 4. The van der Waals surface area contributed by atoms with Crippen LogP contribution < -0.4 is 16.0 Å². The molecule has 33 heavy (non-hydrogen) atoms. The fourth-order valence-electron chi connectivity index (χ4n) is 4.51. The third-order valence-corrected chi connectivity index (χ3v) is 6.23. The zero-order valence-electron chi connectivity index (χ0n) is 18.4. The largest absolute Gasteiger partial charge is 0.342 e. The summed E-state index contributed by atoms with van der Waals surface area (Å²) in [6.07, 6.45) is 4.21. The molecule has 0 aromatic heterocycles. The smallest absolute Gasteiger partial charge is 0.325 e. The molecule has 1 saturated carbocycles. The van der Waals surface area contributed by atoms with Crippen LogP contribution in [0, 0.1) is 0 Å². The van der Waals surface area contributed by atoms with Crippen LogP contribution in [0.15, 0.2) is 60.7 Å². The summed E-state index contributed by atoms with van der Waals surface area (Å²) in [7, 11) is 0. The van der Waals surface area contributed by atoms with E-state index in [1.807, 2.05) is 36.4 Å². The van der Waals surface area contributed by atoms with Gasteiger partial charge in [0, 0.05) is 12.1 Å². The minimum Gasteiger partial charge on any atom is -0.342 e. The van der Waals surface area contributed by atoms with Crippen LogP contribution in [0.1, 0.15) is 37.7 Å². The highest BCUT2D eigenvalue weighted by atomic mass is 16.2. The molecule has 2 aromatic carbocycles. The Labute approximate surface area is 192 Å². The molecule has 4 rings (SSSR count). The van der Waals surface area contributed by atoms with E-state index in [4.69, 9.17) is 0 Å². The van der Waals surface area contributed by atoms with E-state index in [1.54, 1.807) is 24.3 Å². The highest BCUT2D eigenvalue weighted by molar-refractivity contribution is 6.09. The van der Waals surface area contributed by atoms with Crippen LogP contribution in [-0.4, -0.2) is 46.8 Å². The molecule has 1 aliphatic carbocycles. The van der Waals surface area contributed by atoms with Gasteiger partial charge in [-0.15, -0.1) is 0 Å². The number of benzene rings is 2. The summed E-state index contributed by atoms with van der Waals surface area (Å²) in [6.45, 7) is -0.420. The van der Waals surface area contributed by atoms with Gasteiger partial charge in [-0.2, -0.15) is 0 Å². The van der Waals surface area contributed by atoms with Crippen molar-refractivity contribution >= 4 is 29.4 Å². The second-order valence-electron chi connectivity index (χ2n) is 8.63. The molecule has 1 aliphatic heterocycles. The molecule has 0 unspecified atom stereocenters. The lowest BCUT2D eigenvalue weighted by molar-refractivity contribution is -0.136. The third-order valence-electron chi connectivity index (χ3n) is 6.23. The Morgan fingerprint density at radius 1 is 0.939 bits per heavy atom. The zero-order valence-corrected chi connectivity index (χ0v) is 18.4. The van der Waals surface area contributed by atoms with Crippen LogP contribution in [0.3, 0.4) is 0 Å². The number of imide groups is 1. The van der Waals surface area contributed by atoms with Gasteiger partial charge in [0.1, 0.15) is 18.1 Å². The number of anilines is 1. The molecule has 1 spiro atoms. The van der Waals surface area contributed by atoms with E-state index in [9.17, 15) is 19.2 Å². The van der Waals surface area contributed by atoms with Crippen LogP contribution >= 0.6 is 0 Å². The molecule has 0 bridgehead atoms. The standard InChI is InChI=1S/C25H28N4O4/c30-21(17-29-23(32)25(28-24(29)33)14-8-3-9-15-25)27-20(16-18-10-4-1-5-11-18)22(31)26-19-12-6-2-7-13-19/h1-2,4-7,10-13,20H,3,8-9,14-17H2,(H,26,31)(H,27,30)(H,28,33)/t20-/m0/s1. The quantitative estimate of drug-likeness (QED) is 0.566. The molecule has 2 aromatic rings. The summed E-state index contributed by atoms with van der Waals surface area (Å²) < 4.78 is 0. The monoisotopic (exact) mass is 448 g/mol. The minimum absolute atomic E-state index is 0.273. The molecule has 1 heterocycles. The van der Waals surface area contributed by atoms with Gasteiger partial charge in [0.2, 0.25) is 11.8 Å². The van der Waals surface area contributed by atoms with Gasteiger partial charge in [-0.25, -0.2) is 4.79 Å². The van der Waals surface area contributed by atoms with Crippen LogP contribution in [0.25, 0.3) is 0 Å². The Balaban J connectivity index is 1.44. The number of carbonyl (C=O) groups excluding carboxylic acids is 4. The van der Waals surface area contributed by atoms with Crippen LogP contribution in [-0.2, 0) is 20.8 Å². The van der Waals surface area contributed by atoms with E-state index in [1.165, 1.54) is 0 Å². The molecule has 3 N–H and O–H groups in total. The number of para-hydroxylation sites is 1. The van der Waals surface area contributed by atoms with E-state index < -0.39 is 30.1 Å². The molecule has 1 atom stereocenters. The average molecular weight is 449 g/mol. The lowest BCUT2D eigenvalue weighted by Gasteiger charge is -2.30. The van der Waals surface area contributed by atoms with E-state index >= 15 is 0 Å². The van der Waals surface area contributed by atoms with Gasteiger partial charge in [-0.3, -0.25) is 19.3 Å². The minimum atomic E-state index is -0.885. The normalized spacial score (nSPS) is 18.0. The summed E-state index contributed by atoms with van der Waals surface area (Å²) in [6, 6.07) is 16.9. The topological polar surface area (TPSA) is 108 Å². The maximum Gasteiger partial charge on any atom is 0.325 e. The Morgan fingerprint density at radius 2 is 1.58 bits per heavy atom. The molecular formula is C25H28N4O4. The maximum absolute atomic E-state index is 13.0. The van der Waals surface area contributed by atoms with Crippen molar-refractivity contribution in [3.8, 4) is 0 Å². The van der Waals surface area contributed by atoms with Crippen LogP contribution in [0.4, 0.5) is 10.5 Å². The zero-order chi connectivity index (χ0) is 23.3. The van der Waals surface area contributed by atoms with Crippen molar-refractivity contribution in [3.05, 3.63) is 66.2 Å². The van der Waals surface area contributed by atoms with Gasteiger partial charge in [0.25, 0.3) is 5.91 Å². The van der Waals surface area contributed by atoms with Gasteiger partial charge in [0.15, 0.2) is 0 Å². The van der Waals surface area contributed by atoms with Crippen molar-refractivity contribution in [2.45, 2.75) is 50.1 Å². The van der Waals surface area contributed by atoms with E-state index in [0.717, 1.165) is 29.7 Å². The first-order valence-electron chi connectivity index (χ1n) is 11.3. The lowest BCUT2D eigenvalue weighted by atomic mass is 9.82. The Hall–Kier alpha value is -3.68. The van der Waals surface area contributed by atoms with Crippen LogP contribution in [0.2, 0.25) is 0 Å². The lowest BCUT2D eigenvalue weighted by Crippen LogP contribution is -2.51. The SMILES string of the molecule is O=C(CN1C(=O)NC2(CCCCC2)C1=O)N[C@@H](Cc1ccccc1)C(=O)Nc1ccccc1. The Bertz CT molecular complexity index is 1020. The van der Waals surface area contributed by atoms with Gasteiger partial charge in [-0.05, 0) is 30.5 Å². The van der Waals surface area contributed by atoms with Crippen LogP contribution in [0.5, 0.6) is 0 Å². The highest BCUT2D eigenvalue weighted by Crippen LogP contribution is 2.33. The van der Waals surface area contributed by atoms with Gasteiger partial charge in [0.05, 0.1) is 0 Å². The summed E-state index contributed by atoms with van der Waals surface area (Å²) in [5.74, 6) is -1.29. The van der Waals surface area contributed by atoms with E-state index in [2.05, 4.69) is 16.0 Å².